The van der Waals surface area contributed by atoms with Crippen molar-refractivity contribution in [3.8, 4) is 5.75 Å². The van der Waals surface area contributed by atoms with E-state index in [1.54, 1.807) is 12.1 Å². The van der Waals surface area contributed by atoms with E-state index in [9.17, 15) is 9.90 Å². The highest BCUT2D eigenvalue weighted by atomic mass is 16.3. The first-order valence-corrected chi connectivity index (χ1v) is 5.90. The highest BCUT2D eigenvalue weighted by molar-refractivity contribution is 5.75. The minimum Gasteiger partial charge on any atom is -0.508 e. The zero-order valence-corrected chi connectivity index (χ0v) is 10.2. The second-order valence-electron chi connectivity index (χ2n) is 4.20. The lowest BCUT2D eigenvalue weighted by Gasteiger charge is -2.20. The van der Waals surface area contributed by atoms with Gasteiger partial charge in [0.2, 0.25) is 5.91 Å². The van der Waals surface area contributed by atoms with Crippen molar-refractivity contribution < 1.29 is 9.90 Å². The van der Waals surface area contributed by atoms with Crippen LogP contribution in [0.2, 0.25) is 0 Å². The van der Waals surface area contributed by atoms with Gasteiger partial charge in [-0.15, -0.1) is 0 Å². The molecule has 0 unspecified atom stereocenters. The Labute approximate surface area is 102 Å². The van der Waals surface area contributed by atoms with E-state index in [1.807, 2.05) is 17.0 Å². The lowest BCUT2D eigenvalue weighted by molar-refractivity contribution is -0.119. The molecule has 3 N–H and O–H groups in total. The van der Waals surface area contributed by atoms with Crippen molar-refractivity contribution in [1.29, 1.82) is 0 Å². The number of primary amides is 1. The van der Waals surface area contributed by atoms with Crippen LogP contribution in [0.1, 0.15) is 25.3 Å². The number of amides is 1. The normalized spacial score (nSPS) is 10.7. The van der Waals surface area contributed by atoms with Crippen LogP contribution in [0.3, 0.4) is 0 Å². The Bertz CT molecular complexity index is 349. The molecule has 0 bridgehead atoms. The van der Waals surface area contributed by atoms with Crippen LogP contribution in [0.25, 0.3) is 0 Å². The average Bonchev–Trinajstić information content (AvgIpc) is 2.28. The maximum Gasteiger partial charge on any atom is 0.231 e. The van der Waals surface area contributed by atoms with Crippen molar-refractivity contribution in [1.82, 2.24) is 4.90 Å². The van der Waals surface area contributed by atoms with Gasteiger partial charge in [-0.2, -0.15) is 0 Å². The molecule has 1 rings (SSSR count). The third-order valence-corrected chi connectivity index (χ3v) is 2.55. The van der Waals surface area contributed by atoms with Crippen molar-refractivity contribution in [2.75, 3.05) is 13.1 Å². The molecule has 4 heteroatoms. The number of rotatable bonds is 7. The zero-order chi connectivity index (χ0) is 12.7. The van der Waals surface area contributed by atoms with Gasteiger partial charge in [0, 0.05) is 6.54 Å². The fourth-order valence-electron chi connectivity index (χ4n) is 1.68. The molecule has 0 aliphatic rings. The number of phenols is 1. The molecule has 0 aliphatic heterocycles. The third kappa shape index (κ3) is 5.36. The topological polar surface area (TPSA) is 66.6 Å². The second kappa shape index (κ2) is 6.91. The van der Waals surface area contributed by atoms with Gasteiger partial charge in [0.05, 0.1) is 6.54 Å². The summed E-state index contributed by atoms with van der Waals surface area (Å²) in [6.07, 6.45) is 2.14. The first kappa shape index (κ1) is 13.5. The number of aromatic hydroxyl groups is 1. The van der Waals surface area contributed by atoms with E-state index < -0.39 is 0 Å². The maximum atomic E-state index is 11.0. The lowest BCUT2D eigenvalue weighted by Crippen LogP contribution is -2.34. The van der Waals surface area contributed by atoms with E-state index in [1.165, 1.54) is 0 Å². The van der Waals surface area contributed by atoms with Crippen molar-refractivity contribution in [3.63, 3.8) is 0 Å². The Morgan fingerprint density at radius 3 is 2.53 bits per heavy atom. The summed E-state index contributed by atoms with van der Waals surface area (Å²) in [6, 6.07) is 7.01. The first-order valence-electron chi connectivity index (χ1n) is 5.90. The molecule has 0 saturated carbocycles. The minimum absolute atomic E-state index is 0.253. The number of unbranched alkanes of at least 4 members (excludes halogenated alkanes) is 1. The molecule has 4 nitrogen and oxygen atoms in total. The molecule has 1 aromatic rings. The van der Waals surface area contributed by atoms with Crippen molar-refractivity contribution in [3.05, 3.63) is 29.8 Å². The van der Waals surface area contributed by atoms with Crippen LogP contribution in [0.15, 0.2) is 24.3 Å². The number of carbonyl (C=O) groups is 1. The standard InChI is InChI=1S/C13H20N2O2/c1-2-3-8-15(10-13(14)17)9-11-4-6-12(16)7-5-11/h4-7,16H,2-3,8-10H2,1H3,(H2,14,17). The lowest BCUT2D eigenvalue weighted by atomic mass is 10.2. The second-order valence-corrected chi connectivity index (χ2v) is 4.20. The molecule has 0 spiro atoms. The van der Waals surface area contributed by atoms with Crippen LogP contribution in [0, 0.1) is 0 Å². The summed E-state index contributed by atoms with van der Waals surface area (Å²) in [6.45, 7) is 3.94. The van der Waals surface area contributed by atoms with E-state index in [-0.39, 0.29) is 18.2 Å². The van der Waals surface area contributed by atoms with Gasteiger partial charge in [-0.3, -0.25) is 9.69 Å². The van der Waals surface area contributed by atoms with E-state index in [0.29, 0.717) is 6.54 Å². The molecule has 0 aliphatic carbocycles. The molecule has 1 amide bonds. The van der Waals surface area contributed by atoms with Gasteiger partial charge in [-0.1, -0.05) is 25.5 Å². The molecule has 0 atom stereocenters. The number of carbonyl (C=O) groups excluding carboxylic acids is 1. The Balaban J connectivity index is 2.57. The molecule has 0 saturated heterocycles. The quantitative estimate of drug-likeness (QED) is 0.753. The Morgan fingerprint density at radius 2 is 2.00 bits per heavy atom. The number of hydrogen-bond acceptors (Lipinski definition) is 3. The third-order valence-electron chi connectivity index (χ3n) is 2.55. The minimum atomic E-state index is -0.306. The van der Waals surface area contributed by atoms with Gasteiger partial charge in [0.25, 0.3) is 0 Å². The Kier molecular flexibility index (Phi) is 5.49. The molecule has 17 heavy (non-hydrogen) atoms. The Morgan fingerprint density at radius 1 is 1.35 bits per heavy atom. The number of phenolic OH excluding ortho intramolecular Hbond substituents is 1. The van der Waals surface area contributed by atoms with Gasteiger partial charge >= 0.3 is 0 Å². The van der Waals surface area contributed by atoms with Crippen LogP contribution in [0.4, 0.5) is 0 Å². The van der Waals surface area contributed by atoms with Crippen molar-refractivity contribution >= 4 is 5.91 Å². The summed E-state index contributed by atoms with van der Waals surface area (Å²) in [7, 11) is 0. The zero-order valence-electron chi connectivity index (χ0n) is 10.2. The highest BCUT2D eigenvalue weighted by Gasteiger charge is 2.08. The molecule has 0 fully saturated rings. The molecule has 0 aromatic heterocycles. The monoisotopic (exact) mass is 236 g/mol. The average molecular weight is 236 g/mol. The van der Waals surface area contributed by atoms with Crippen molar-refractivity contribution in [2.24, 2.45) is 5.73 Å². The fourth-order valence-corrected chi connectivity index (χ4v) is 1.68. The summed E-state index contributed by atoms with van der Waals surface area (Å²) in [5.74, 6) is -0.0522. The van der Waals surface area contributed by atoms with Crippen LogP contribution in [0.5, 0.6) is 5.75 Å². The number of benzene rings is 1. The van der Waals surface area contributed by atoms with E-state index >= 15 is 0 Å². The van der Waals surface area contributed by atoms with E-state index in [0.717, 1.165) is 24.9 Å². The van der Waals surface area contributed by atoms with Crippen LogP contribution >= 0.6 is 0 Å². The largest absolute Gasteiger partial charge is 0.508 e. The van der Waals surface area contributed by atoms with Crippen molar-refractivity contribution in [2.45, 2.75) is 26.3 Å². The smallest absolute Gasteiger partial charge is 0.231 e. The molecule has 1 aromatic carbocycles. The maximum absolute atomic E-state index is 11.0. The first-order chi connectivity index (χ1) is 8.11. The predicted octanol–water partition coefficient (Wildman–Crippen LogP) is 1.48. The van der Waals surface area contributed by atoms with Gasteiger partial charge in [0.1, 0.15) is 5.75 Å². The molecule has 94 valence electrons. The summed E-state index contributed by atoms with van der Waals surface area (Å²) in [5.41, 5.74) is 6.29. The van der Waals surface area contributed by atoms with E-state index in [4.69, 9.17) is 5.73 Å². The summed E-state index contributed by atoms with van der Waals surface area (Å²) in [4.78, 5) is 13.0. The molecule has 0 radical (unpaired) electrons. The highest BCUT2D eigenvalue weighted by Crippen LogP contribution is 2.12. The van der Waals surface area contributed by atoms with Crippen LogP contribution in [-0.2, 0) is 11.3 Å². The fraction of sp³-hybridized carbons (Fsp3) is 0.462. The van der Waals surface area contributed by atoms with Gasteiger partial charge in [-0.05, 0) is 30.7 Å². The van der Waals surface area contributed by atoms with Crippen LogP contribution < -0.4 is 5.73 Å². The summed E-state index contributed by atoms with van der Waals surface area (Å²) < 4.78 is 0. The van der Waals surface area contributed by atoms with Gasteiger partial charge in [0.15, 0.2) is 0 Å². The summed E-state index contributed by atoms with van der Waals surface area (Å²) >= 11 is 0. The summed E-state index contributed by atoms with van der Waals surface area (Å²) in [5, 5.41) is 9.19. The number of nitrogens with zero attached hydrogens (tertiary/aromatic N) is 1. The van der Waals surface area contributed by atoms with Gasteiger partial charge in [-0.25, -0.2) is 0 Å². The molecular weight excluding hydrogens is 216 g/mol. The Hall–Kier alpha value is -1.55. The number of hydrogen-bond donors (Lipinski definition) is 2. The molecule has 0 heterocycles. The SMILES string of the molecule is CCCCN(CC(N)=O)Cc1ccc(O)cc1. The van der Waals surface area contributed by atoms with Crippen LogP contribution in [-0.4, -0.2) is 29.0 Å². The van der Waals surface area contributed by atoms with E-state index in [2.05, 4.69) is 6.92 Å². The van der Waals surface area contributed by atoms with Gasteiger partial charge < -0.3 is 10.8 Å². The number of nitrogens with two attached hydrogens (primary N) is 1. The predicted molar refractivity (Wildman–Crippen MR) is 67.5 cm³/mol. The molecular formula is C13H20N2O2.